The van der Waals surface area contributed by atoms with Crippen molar-refractivity contribution >= 4 is 5.91 Å². The fraction of sp³-hybridized carbons (Fsp3) is 0.871. The molecule has 7 rings (SSSR count). The number of nitrogens with zero attached hydrogens (tertiary/aromatic N) is 1. The third-order valence-electron chi connectivity index (χ3n) is 13.5. The number of hydrogen-bond donors (Lipinski definition) is 2. The molecular weight excluding hydrogens is 466 g/mol. The Hall–Kier alpha value is -0.690. The summed E-state index contributed by atoms with van der Waals surface area (Å²) in [5.74, 6) is 2.55. The quantitative estimate of drug-likeness (QED) is 0.548. The zero-order valence-corrected chi connectivity index (χ0v) is 23.4. The molecule has 2 saturated heterocycles. The standard InChI is InChI=1S/C31H46NO5/c1-18-16-19(26(35)32-12-14-36-15-13-32)37-24-23(18)28(4)10-11-31-17-30(31)9-8-22(33)27(2,3)20(30)6-7-21(31)29(28,5)25(24)34/h18,20,22-23,25,33-34H,6-17H2,1-5H3/t18-,20+,22?,23+,25+,28-,29-,30-,31+/m1/s1. The Bertz CT molecular complexity index is 979. The largest absolute Gasteiger partial charge is 0.393 e. The summed E-state index contributed by atoms with van der Waals surface area (Å²) < 4.78 is 12.0. The van der Waals surface area contributed by atoms with E-state index in [1.165, 1.54) is 12.8 Å². The first-order valence-electron chi connectivity index (χ1n) is 14.9. The van der Waals surface area contributed by atoms with Crippen molar-refractivity contribution in [2.24, 2.45) is 44.8 Å². The fourth-order valence-corrected chi connectivity index (χ4v) is 11.5. The van der Waals surface area contributed by atoms with Crippen LogP contribution in [0.3, 0.4) is 0 Å². The number of amides is 1. The van der Waals surface area contributed by atoms with Crippen LogP contribution >= 0.6 is 0 Å². The van der Waals surface area contributed by atoms with Crippen LogP contribution in [0.5, 0.6) is 0 Å². The Morgan fingerprint density at radius 1 is 1.03 bits per heavy atom. The van der Waals surface area contributed by atoms with Crippen molar-refractivity contribution in [2.45, 2.75) is 98.2 Å². The smallest absolute Gasteiger partial charge is 0.258 e. The van der Waals surface area contributed by atoms with Gasteiger partial charge in [0.1, 0.15) is 6.10 Å². The maximum Gasteiger partial charge on any atom is 0.258 e. The summed E-state index contributed by atoms with van der Waals surface area (Å²) in [5, 5.41) is 23.1. The van der Waals surface area contributed by atoms with Crippen molar-refractivity contribution in [3.63, 3.8) is 0 Å². The van der Waals surface area contributed by atoms with E-state index in [4.69, 9.17) is 9.47 Å². The highest BCUT2D eigenvalue weighted by Crippen LogP contribution is 2.90. The van der Waals surface area contributed by atoms with E-state index in [1.54, 1.807) is 5.92 Å². The maximum atomic E-state index is 13.4. The second kappa shape index (κ2) is 7.73. The Morgan fingerprint density at radius 2 is 1.76 bits per heavy atom. The molecule has 1 unspecified atom stereocenters. The predicted octanol–water partition coefficient (Wildman–Crippen LogP) is 4.30. The lowest BCUT2D eigenvalue weighted by Gasteiger charge is -2.63. The summed E-state index contributed by atoms with van der Waals surface area (Å²) in [6.45, 7) is 14.0. The summed E-state index contributed by atoms with van der Waals surface area (Å²) >= 11 is 0. The summed E-state index contributed by atoms with van der Waals surface area (Å²) in [7, 11) is 0. The van der Waals surface area contributed by atoms with Crippen LogP contribution in [0.15, 0.2) is 0 Å². The van der Waals surface area contributed by atoms with Crippen molar-refractivity contribution in [3.8, 4) is 0 Å². The van der Waals surface area contributed by atoms with Gasteiger partial charge in [0.05, 0.1) is 25.4 Å². The molecule has 2 heterocycles. The van der Waals surface area contributed by atoms with E-state index < -0.39 is 6.10 Å². The molecule has 5 aliphatic carbocycles. The summed E-state index contributed by atoms with van der Waals surface area (Å²) in [4.78, 5) is 15.2. The van der Waals surface area contributed by atoms with Gasteiger partial charge >= 0.3 is 0 Å². The molecule has 37 heavy (non-hydrogen) atoms. The number of morpholine rings is 1. The molecule has 0 bridgehead atoms. The van der Waals surface area contributed by atoms with E-state index in [2.05, 4.69) is 34.6 Å². The Kier molecular flexibility index (Phi) is 5.29. The van der Waals surface area contributed by atoms with Gasteiger partial charge in [0.15, 0.2) is 6.10 Å². The van der Waals surface area contributed by atoms with Crippen LogP contribution in [0.25, 0.3) is 0 Å². The number of fused-ring (bicyclic) bond motifs is 4. The van der Waals surface area contributed by atoms with E-state index in [0.717, 1.165) is 38.2 Å². The van der Waals surface area contributed by atoms with E-state index in [-0.39, 0.29) is 45.5 Å². The van der Waals surface area contributed by atoms with Gasteiger partial charge in [-0.3, -0.25) is 4.79 Å². The average molecular weight is 513 g/mol. The van der Waals surface area contributed by atoms with Crippen molar-refractivity contribution in [1.82, 2.24) is 4.90 Å². The molecule has 9 atom stereocenters. The third-order valence-corrected chi connectivity index (χ3v) is 13.5. The Balaban J connectivity index is 1.21. The highest BCUT2D eigenvalue weighted by Gasteiger charge is 2.85. The Morgan fingerprint density at radius 3 is 2.49 bits per heavy atom. The van der Waals surface area contributed by atoms with Gasteiger partial charge in [-0.1, -0.05) is 34.6 Å². The zero-order valence-electron chi connectivity index (χ0n) is 23.4. The van der Waals surface area contributed by atoms with Gasteiger partial charge < -0.3 is 24.6 Å². The number of aliphatic hydroxyl groups is 2. The first-order chi connectivity index (χ1) is 17.4. The number of aliphatic hydroxyl groups excluding tert-OH is 2. The van der Waals surface area contributed by atoms with Gasteiger partial charge in [-0.15, -0.1) is 0 Å². The van der Waals surface area contributed by atoms with Crippen LogP contribution in [0.2, 0.25) is 0 Å². The monoisotopic (exact) mass is 512 g/mol. The van der Waals surface area contributed by atoms with Crippen LogP contribution in [-0.2, 0) is 14.3 Å². The van der Waals surface area contributed by atoms with Gasteiger partial charge in [-0.2, -0.15) is 0 Å². The van der Waals surface area contributed by atoms with Crippen LogP contribution in [0.4, 0.5) is 0 Å². The van der Waals surface area contributed by atoms with Crippen LogP contribution in [-0.4, -0.2) is 59.5 Å². The minimum Gasteiger partial charge on any atom is -0.393 e. The fourth-order valence-electron chi connectivity index (χ4n) is 11.5. The molecule has 7 aliphatic rings. The minimum atomic E-state index is -0.679. The van der Waals surface area contributed by atoms with Gasteiger partial charge in [0.25, 0.3) is 5.91 Å². The highest BCUT2D eigenvalue weighted by atomic mass is 16.5. The molecule has 5 saturated carbocycles. The first kappa shape index (κ1) is 25.3. The number of rotatable bonds is 1. The number of ether oxygens (including phenoxy) is 2. The van der Waals surface area contributed by atoms with Crippen LogP contribution in [0, 0.1) is 63.0 Å². The van der Waals surface area contributed by atoms with E-state index in [0.29, 0.717) is 50.2 Å². The zero-order chi connectivity index (χ0) is 26.2. The second-order valence-electron chi connectivity index (χ2n) is 14.9. The number of carbonyl (C=O) groups is 1. The lowest BCUT2D eigenvalue weighted by Crippen LogP contribution is -2.58. The number of carbonyl (C=O) groups excluding carboxylic acids is 1. The third kappa shape index (κ3) is 2.85. The second-order valence-corrected chi connectivity index (χ2v) is 14.9. The van der Waals surface area contributed by atoms with Crippen LogP contribution in [0.1, 0.15) is 86.0 Å². The van der Waals surface area contributed by atoms with Crippen molar-refractivity contribution in [1.29, 1.82) is 0 Å². The molecule has 3 radical (unpaired) electrons. The molecule has 0 aromatic rings. The van der Waals surface area contributed by atoms with Crippen molar-refractivity contribution < 1.29 is 24.5 Å². The summed E-state index contributed by atoms with van der Waals surface area (Å²) in [6, 6.07) is 0. The molecule has 0 aromatic carbocycles. The van der Waals surface area contributed by atoms with E-state index >= 15 is 0 Å². The molecule has 6 heteroatoms. The van der Waals surface area contributed by atoms with Gasteiger partial charge in [-0.05, 0) is 90.8 Å². The predicted molar refractivity (Wildman–Crippen MR) is 138 cm³/mol. The van der Waals surface area contributed by atoms with Gasteiger partial charge in [0.2, 0.25) is 0 Å². The number of hydrogen-bond acceptors (Lipinski definition) is 5. The van der Waals surface area contributed by atoms with Crippen molar-refractivity contribution in [2.75, 3.05) is 26.3 Å². The minimum absolute atomic E-state index is 0.0211. The van der Waals surface area contributed by atoms with Crippen molar-refractivity contribution in [3.05, 3.63) is 18.1 Å². The molecule has 2 aliphatic heterocycles. The lowest BCUT2D eigenvalue weighted by molar-refractivity contribution is -0.144. The molecule has 2 N–H and O–H groups in total. The van der Waals surface area contributed by atoms with Gasteiger partial charge in [0, 0.05) is 24.4 Å². The molecular formula is C31H46NO5. The molecule has 205 valence electrons. The topological polar surface area (TPSA) is 79.2 Å². The molecule has 6 nitrogen and oxygen atoms in total. The maximum absolute atomic E-state index is 13.4. The summed E-state index contributed by atoms with van der Waals surface area (Å²) in [5.41, 5.74) is 0.0342. The van der Waals surface area contributed by atoms with Crippen LogP contribution < -0.4 is 0 Å². The highest BCUT2D eigenvalue weighted by molar-refractivity contribution is 5.88. The van der Waals surface area contributed by atoms with E-state index in [1.807, 2.05) is 4.90 Å². The average Bonchev–Trinajstić information content (AvgIpc) is 3.51. The molecule has 7 fully saturated rings. The van der Waals surface area contributed by atoms with E-state index in [9.17, 15) is 15.0 Å². The molecule has 0 aromatic heterocycles. The molecule has 1 amide bonds. The first-order valence-corrected chi connectivity index (χ1v) is 14.9. The lowest BCUT2D eigenvalue weighted by atomic mass is 9.41. The normalized spacial score (nSPS) is 53.5. The van der Waals surface area contributed by atoms with Gasteiger partial charge in [-0.25, -0.2) is 0 Å². The Labute approximate surface area is 222 Å². The SMILES string of the molecule is C[C@@H]1C[C](C(=O)N2CCOCC2)O[C]2[C@H]1[C@@]1(C)CC[C@@]34C[C@@]35CCC(O)C(C)(C)[C@@H]5CC[C]4[C@]1(C)[C@H]2O. The molecule has 2 spiro atoms. The summed E-state index contributed by atoms with van der Waals surface area (Å²) in [6.07, 6.45) is 8.73.